The van der Waals surface area contributed by atoms with Gasteiger partial charge in [0.15, 0.2) is 5.37 Å². The number of nitrogens with zero attached hydrogens (tertiary/aromatic N) is 2. The molecule has 1 atom stereocenters. The van der Waals surface area contributed by atoms with Crippen molar-refractivity contribution in [3.8, 4) is 0 Å². The van der Waals surface area contributed by atoms with Gasteiger partial charge in [-0.15, -0.1) is 0 Å². The van der Waals surface area contributed by atoms with Crippen LogP contribution in [0.3, 0.4) is 0 Å². The quantitative estimate of drug-likeness (QED) is 0.729. The van der Waals surface area contributed by atoms with Gasteiger partial charge in [0.1, 0.15) is 0 Å². The van der Waals surface area contributed by atoms with Crippen molar-refractivity contribution in [3.05, 3.63) is 23.4 Å². The standard InChI is InChI=1S/C9H13F3N2S/c1-6(13(2)3)7-5-15-8(14(7)4)9(10,11)12/h5,8H,1H2,2-4H3. The van der Waals surface area contributed by atoms with Crippen LogP contribution in [0.25, 0.3) is 0 Å². The zero-order valence-electron chi connectivity index (χ0n) is 8.80. The Morgan fingerprint density at radius 1 is 1.53 bits per heavy atom. The third-order valence-corrected chi connectivity index (χ3v) is 3.36. The van der Waals surface area contributed by atoms with Gasteiger partial charge in [-0.05, 0) is 5.41 Å². The van der Waals surface area contributed by atoms with Crippen LogP contribution in [-0.2, 0) is 0 Å². The highest BCUT2D eigenvalue weighted by Gasteiger charge is 2.46. The number of thioether (sulfide) groups is 1. The lowest BCUT2D eigenvalue weighted by Gasteiger charge is -2.28. The minimum absolute atomic E-state index is 0.521. The first-order chi connectivity index (χ1) is 6.75. The Balaban J connectivity index is 2.79. The lowest BCUT2D eigenvalue weighted by atomic mass is 10.3. The molecule has 1 aliphatic heterocycles. The molecule has 0 bridgehead atoms. The second kappa shape index (κ2) is 4.00. The van der Waals surface area contributed by atoms with Crippen LogP contribution >= 0.6 is 11.8 Å². The molecule has 1 rings (SSSR count). The van der Waals surface area contributed by atoms with Crippen molar-refractivity contribution in [1.29, 1.82) is 0 Å². The van der Waals surface area contributed by atoms with Gasteiger partial charge in [0.05, 0.1) is 11.4 Å². The van der Waals surface area contributed by atoms with Crippen molar-refractivity contribution in [3.63, 3.8) is 0 Å². The highest BCUT2D eigenvalue weighted by Crippen LogP contribution is 2.41. The molecule has 0 aromatic heterocycles. The Labute approximate surface area is 91.4 Å². The van der Waals surface area contributed by atoms with Gasteiger partial charge >= 0.3 is 6.18 Å². The van der Waals surface area contributed by atoms with Gasteiger partial charge in [-0.3, -0.25) is 0 Å². The first kappa shape index (κ1) is 12.3. The van der Waals surface area contributed by atoms with Gasteiger partial charge in [0.2, 0.25) is 0 Å². The Hall–Kier alpha value is -0.780. The molecule has 0 saturated carbocycles. The summed E-state index contributed by atoms with van der Waals surface area (Å²) in [5, 5.41) is 0.00437. The van der Waals surface area contributed by atoms with E-state index in [0.717, 1.165) is 11.8 Å². The minimum atomic E-state index is -4.22. The van der Waals surface area contributed by atoms with E-state index < -0.39 is 11.6 Å². The van der Waals surface area contributed by atoms with Crippen molar-refractivity contribution in [2.24, 2.45) is 0 Å². The van der Waals surface area contributed by atoms with Crippen LogP contribution in [0.5, 0.6) is 0 Å². The fourth-order valence-electron chi connectivity index (χ4n) is 1.23. The Morgan fingerprint density at radius 3 is 2.40 bits per heavy atom. The van der Waals surface area contributed by atoms with Crippen molar-refractivity contribution < 1.29 is 13.2 Å². The second-order valence-electron chi connectivity index (χ2n) is 3.49. The number of hydrogen-bond acceptors (Lipinski definition) is 3. The predicted octanol–water partition coefficient (Wildman–Crippen LogP) is 2.47. The zero-order valence-corrected chi connectivity index (χ0v) is 9.61. The van der Waals surface area contributed by atoms with E-state index in [1.54, 1.807) is 19.0 Å². The Bertz CT molecular complexity index is 296. The average molecular weight is 238 g/mol. The highest BCUT2D eigenvalue weighted by molar-refractivity contribution is 8.03. The Morgan fingerprint density at radius 2 is 2.07 bits per heavy atom. The van der Waals surface area contributed by atoms with Crippen molar-refractivity contribution in [2.45, 2.75) is 11.6 Å². The zero-order chi connectivity index (χ0) is 11.8. The maximum absolute atomic E-state index is 12.5. The largest absolute Gasteiger partial charge is 0.418 e. The summed E-state index contributed by atoms with van der Waals surface area (Å²) in [6.07, 6.45) is -4.22. The van der Waals surface area contributed by atoms with Gasteiger partial charge in [0, 0.05) is 21.1 Å². The van der Waals surface area contributed by atoms with Crippen LogP contribution in [0, 0.1) is 0 Å². The van der Waals surface area contributed by atoms with Crippen LogP contribution < -0.4 is 0 Å². The summed E-state index contributed by atoms with van der Waals surface area (Å²) in [6.45, 7) is 3.74. The first-order valence-electron chi connectivity index (χ1n) is 4.27. The number of hydrogen-bond donors (Lipinski definition) is 0. The van der Waals surface area contributed by atoms with E-state index in [0.29, 0.717) is 11.4 Å². The molecule has 0 aromatic rings. The number of likely N-dealkylation sites (N-methyl/N-ethyl adjacent to an activating group) is 2. The van der Waals surface area contributed by atoms with Crippen LogP contribution in [0.2, 0.25) is 0 Å². The third-order valence-electron chi connectivity index (χ3n) is 2.16. The van der Waals surface area contributed by atoms with E-state index in [4.69, 9.17) is 0 Å². The van der Waals surface area contributed by atoms with E-state index in [2.05, 4.69) is 6.58 Å². The third kappa shape index (κ3) is 2.42. The predicted molar refractivity (Wildman–Crippen MR) is 56.1 cm³/mol. The summed E-state index contributed by atoms with van der Waals surface area (Å²) in [6, 6.07) is 0. The molecule has 0 aromatic carbocycles. The summed E-state index contributed by atoms with van der Waals surface area (Å²) in [5.74, 6) is 0. The van der Waals surface area contributed by atoms with E-state index in [9.17, 15) is 13.2 Å². The molecular weight excluding hydrogens is 225 g/mol. The first-order valence-corrected chi connectivity index (χ1v) is 5.21. The van der Waals surface area contributed by atoms with Gasteiger partial charge in [-0.2, -0.15) is 13.2 Å². The minimum Gasteiger partial charge on any atom is -0.376 e. The molecule has 6 heteroatoms. The topological polar surface area (TPSA) is 6.48 Å². The summed E-state index contributed by atoms with van der Waals surface area (Å²) < 4.78 is 37.5. The maximum Gasteiger partial charge on any atom is 0.418 e. The molecule has 0 aliphatic carbocycles. The fraction of sp³-hybridized carbons (Fsp3) is 0.556. The molecule has 0 N–H and O–H groups in total. The van der Waals surface area contributed by atoms with Gasteiger partial charge in [-0.1, -0.05) is 18.3 Å². The molecule has 1 unspecified atom stereocenters. The summed E-state index contributed by atoms with van der Waals surface area (Å²) in [5.41, 5.74) is 1.10. The molecule has 0 radical (unpaired) electrons. The average Bonchev–Trinajstić information content (AvgIpc) is 2.44. The van der Waals surface area contributed by atoms with Gasteiger partial charge in [-0.25, -0.2) is 0 Å². The summed E-state index contributed by atoms with van der Waals surface area (Å²) in [7, 11) is 4.93. The van der Waals surface area contributed by atoms with Crippen LogP contribution in [0.1, 0.15) is 0 Å². The van der Waals surface area contributed by atoms with Crippen LogP contribution in [0.15, 0.2) is 23.4 Å². The monoisotopic (exact) mass is 238 g/mol. The van der Waals surface area contributed by atoms with Gasteiger partial charge in [0.25, 0.3) is 0 Å². The number of alkyl halides is 3. The lowest BCUT2D eigenvalue weighted by molar-refractivity contribution is -0.149. The number of rotatable bonds is 2. The molecule has 0 saturated heterocycles. The van der Waals surface area contributed by atoms with Crippen molar-refractivity contribution >= 4 is 11.8 Å². The van der Waals surface area contributed by atoms with Crippen molar-refractivity contribution in [2.75, 3.05) is 21.1 Å². The molecule has 0 fully saturated rings. The van der Waals surface area contributed by atoms with Crippen molar-refractivity contribution in [1.82, 2.24) is 9.80 Å². The fourth-order valence-corrected chi connectivity index (χ4v) is 2.24. The Kier molecular flexibility index (Phi) is 3.28. The normalized spacial score (nSPS) is 21.6. The molecule has 1 heterocycles. The second-order valence-corrected chi connectivity index (χ2v) is 4.44. The summed E-state index contributed by atoms with van der Waals surface area (Å²) in [4.78, 5) is 2.90. The van der Waals surface area contributed by atoms with E-state index in [1.807, 2.05) is 0 Å². The molecule has 0 spiro atoms. The van der Waals surface area contributed by atoms with E-state index in [1.165, 1.54) is 17.4 Å². The van der Waals surface area contributed by atoms with Crippen LogP contribution in [-0.4, -0.2) is 42.5 Å². The van der Waals surface area contributed by atoms with Gasteiger partial charge < -0.3 is 9.80 Å². The molecule has 0 amide bonds. The molecule has 2 nitrogen and oxygen atoms in total. The lowest BCUT2D eigenvalue weighted by Crippen LogP contribution is -2.38. The number of halogens is 3. The molecule has 86 valence electrons. The molecule has 1 aliphatic rings. The SMILES string of the molecule is C=C(C1=CSC(C(F)(F)F)N1C)N(C)C. The smallest absolute Gasteiger partial charge is 0.376 e. The van der Waals surface area contributed by atoms with Crippen LogP contribution in [0.4, 0.5) is 13.2 Å². The van der Waals surface area contributed by atoms with E-state index in [-0.39, 0.29) is 0 Å². The molecular formula is C9H13F3N2S. The van der Waals surface area contributed by atoms with E-state index >= 15 is 0 Å². The maximum atomic E-state index is 12.5. The highest BCUT2D eigenvalue weighted by atomic mass is 32.2. The molecule has 15 heavy (non-hydrogen) atoms. The summed E-state index contributed by atoms with van der Waals surface area (Å²) >= 11 is 0.763.